The molecule has 0 N–H and O–H groups in total. The average Bonchev–Trinajstić information content (AvgIpc) is 2.60. The highest BCUT2D eigenvalue weighted by Crippen LogP contribution is 2.20. The van der Waals surface area contributed by atoms with Gasteiger partial charge in [0, 0.05) is 5.02 Å². The molecule has 1 heterocycles. The van der Waals surface area contributed by atoms with Gasteiger partial charge in [-0.05, 0) is 30.7 Å². The van der Waals surface area contributed by atoms with E-state index in [1.807, 2.05) is 30.3 Å². The normalized spacial score (nSPS) is 10.7. The first-order chi connectivity index (χ1) is 7.70. The van der Waals surface area contributed by atoms with Gasteiger partial charge < -0.3 is 0 Å². The molecule has 1 aromatic carbocycles. The van der Waals surface area contributed by atoms with Crippen molar-refractivity contribution in [3.05, 3.63) is 46.2 Å². The van der Waals surface area contributed by atoms with Gasteiger partial charge in [-0.2, -0.15) is 5.10 Å². The Hall–Kier alpha value is -0.990. The number of hydrogen-bond acceptors (Lipinski definition) is 1. The maximum Gasteiger partial charge on any atom is 0.133 e. The lowest BCUT2D eigenvalue weighted by molar-refractivity contribution is 0.807. The first-order valence-electron chi connectivity index (χ1n) is 5.21. The molecular formula is C12H12Cl2N2. The lowest BCUT2D eigenvalue weighted by Crippen LogP contribution is -1.97. The number of rotatable bonds is 3. The highest BCUT2D eigenvalue weighted by atomic mass is 35.5. The molecule has 0 spiro atoms. The molecule has 2 nitrogen and oxygen atoms in total. The molecule has 16 heavy (non-hydrogen) atoms. The summed E-state index contributed by atoms with van der Waals surface area (Å²) in [5.41, 5.74) is 1.90. The number of aromatic nitrogens is 2. The molecule has 2 aromatic rings. The van der Waals surface area contributed by atoms with E-state index < -0.39 is 0 Å². The highest BCUT2D eigenvalue weighted by Gasteiger charge is 2.07. The second-order valence-corrected chi connectivity index (χ2v) is 4.42. The van der Waals surface area contributed by atoms with Crippen molar-refractivity contribution in [3.8, 4) is 5.69 Å². The number of nitrogens with zero attached hydrogens (tertiary/aromatic N) is 2. The molecule has 0 atom stereocenters. The third kappa shape index (κ3) is 2.39. The van der Waals surface area contributed by atoms with E-state index in [-0.39, 0.29) is 0 Å². The zero-order chi connectivity index (χ0) is 11.5. The van der Waals surface area contributed by atoms with E-state index in [1.54, 1.807) is 4.68 Å². The molecular weight excluding hydrogens is 243 g/mol. The van der Waals surface area contributed by atoms with Crippen LogP contribution >= 0.6 is 23.2 Å². The monoisotopic (exact) mass is 254 g/mol. The Kier molecular flexibility index (Phi) is 3.52. The van der Waals surface area contributed by atoms with Gasteiger partial charge in [0.1, 0.15) is 5.15 Å². The lowest BCUT2D eigenvalue weighted by Gasteiger charge is -2.02. The summed E-state index contributed by atoms with van der Waals surface area (Å²) in [6, 6.07) is 9.38. The fourth-order valence-electron chi connectivity index (χ4n) is 1.57. The topological polar surface area (TPSA) is 17.8 Å². The van der Waals surface area contributed by atoms with Gasteiger partial charge in [0.2, 0.25) is 0 Å². The van der Waals surface area contributed by atoms with Crippen LogP contribution in [0.25, 0.3) is 5.69 Å². The number of aryl methyl sites for hydroxylation is 1. The van der Waals surface area contributed by atoms with Crippen molar-refractivity contribution in [2.24, 2.45) is 0 Å². The van der Waals surface area contributed by atoms with Crippen LogP contribution in [0, 0.1) is 0 Å². The molecule has 0 radical (unpaired) electrons. The Morgan fingerprint density at radius 1 is 1.25 bits per heavy atom. The van der Waals surface area contributed by atoms with Crippen LogP contribution in [0.15, 0.2) is 30.3 Å². The fraction of sp³-hybridized carbons (Fsp3) is 0.250. The van der Waals surface area contributed by atoms with Crippen LogP contribution in [0.2, 0.25) is 10.2 Å². The summed E-state index contributed by atoms with van der Waals surface area (Å²) >= 11 is 12.1. The standard InChI is InChI=1S/C12H12Cl2N2/c1-2-4-10-8-12(14)16(15-10)11-6-3-5-9(13)7-11/h3,5-8H,2,4H2,1H3. The summed E-state index contributed by atoms with van der Waals surface area (Å²) in [7, 11) is 0. The third-order valence-corrected chi connectivity index (χ3v) is 2.78. The van der Waals surface area contributed by atoms with Crippen LogP contribution in [-0.2, 0) is 6.42 Å². The summed E-state index contributed by atoms with van der Waals surface area (Å²) in [4.78, 5) is 0. The minimum Gasteiger partial charge on any atom is -0.222 e. The maximum atomic E-state index is 6.12. The molecule has 0 saturated heterocycles. The number of hydrogen-bond donors (Lipinski definition) is 0. The zero-order valence-electron chi connectivity index (χ0n) is 8.95. The predicted octanol–water partition coefficient (Wildman–Crippen LogP) is 4.13. The van der Waals surface area contributed by atoms with E-state index in [2.05, 4.69) is 12.0 Å². The second-order valence-electron chi connectivity index (χ2n) is 3.60. The number of halogens is 2. The fourth-order valence-corrected chi connectivity index (χ4v) is 2.02. The molecule has 0 bridgehead atoms. The van der Waals surface area contributed by atoms with Crippen molar-refractivity contribution in [2.75, 3.05) is 0 Å². The SMILES string of the molecule is CCCc1cc(Cl)n(-c2cccc(Cl)c2)n1. The Bertz CT molecular complexity index is 492. The van der Waals surface area contributed by atoms with E-state index in [9.17, 15) is 0 Å². The average molecular weight is 255 g/mol. The Labute approximate surface area is 105 Å². The molecule has 0 saturated carbocycles. The molecule has 0 aliphatic carbocycles. The van der Waals surface area contributed by atoms with Crippen molar-refractivity contribution in [1.82, 2.24) is 9.78 Å². The van der Waals surface area contributed by atoms with Gasteiger partial charge in [0.25, 0.3) is 0 Å². The van der Waals surface area contributed by atoms with Crippen LogP contribution < -0.4 is 0 Å². The van der Waals surface area contributed by atoms with Crippen LogP contribution in [-0.4, -0.2) is 9.78 Å². The highest BCUT2D eigenvalue weighted by molar-refractivity contribution is 6.31. The maximum absolute atomic E-state index is 6.12. The summed E-state index contributed by atoms with van der Waals surface area (Å²) in [5, 5.41) is 5.73. The van der Waals surface area contributed by atoms with Gasteiger partial charge in [0.15, 0.2) is 0 Å². The largest absolute Gasteiger partial charge is 0.222 e. The van der Waals surface area contributed by atoms with Crippen LogP contribution in [0.4, 0.5) is 0 Å². The predicted molar refractivity (Wildman–Crippen MR) is 67.6 cm³/mol. The molecule has 2 rings (SSSR count). The molecule has 0 fully saturated rings. The second kappa shape index (κ2) is 4.89. The molecule has 0 aliphatic rings. The third-order valence-electron chi connectivity index (χ3n) is 2.28. The van der Waals surface area contributed by atoms with Crippen molar-refractivity contribution in [1.29, 1.82) is 0 Å². The van der Waals surface area contributed by atoms with Gasteiger partial charge in [0.05, 0.1) is 11.4 Å². The van der Waals surface area contributed by atoms with E-state index in [0.717, 1.165) is 24.2 Å². The van der Waals surface area contributed by atoms with Crippen molar-refractivity contribution >= 4 is 23.2 Å². The summed E-state index contributed by atoms with van der Waals surface area (Å²) < 4.78 is 1.71. The van der Waals surface area contributed by atoms with E-state index >= 15 is 0 Å². The first-order valence-corrected chi connectivity index (χ1v) is 5.96. The molecule has 84 valence electrons. The molecule has 0 amide bonds. The van der Waals surface area contributed by atoms with Crippen molar-refractivity contribution < 1.29 is 0 Å². The lowest BCUT2D eigenvalue weighted by atomic mass is 10.3. The summed E-state index contributed by atoms with van der Waals surface area (Å²) in [6.45, 7) is 2.12. The molecule has 0 unspecified atom stereocenters. The van der Waals surface area contributed by atoms with Crippen LogP contribution in [0.1, 0.15) is 19.0 Å². The van der Waals surface area contributed by atoms with Gasteiger partial charge in [-0.15, -0.1) is 0 Å². The molecule has 1 aromatic heterocycles. The van der Waals surface area contributed by atoms with E-state index in [1.165, 1.54) is 0 Å². The quantitative estimate of drug-likeness (QED) is 0.806. The van der Waals surface area contributed by atoms with Gasteiger partial charge in [-0.25, -0.2) is 4.68 Å². The first kappa shape index (κ1) is 11.5. The Morgan fingerprint density at radius 2 is 2.06 bits per heavy atom. The van der Waals surface area contributed by atoms with E-state index in [4.69, 9.17) is 23.2 Å². The van der Waals surface area contributed by atoms with Gasteiger partial charge in [-0.1, -0.05) is 42.6 Å². The Morgan fingerprint density at radius 3 is 2.75 bits per heavy atom. The Balaban J connectivity index is 2.40. The number of benzene rings is 1. The van der Waals surface area contributed by atoms with Crippen molar-refractivity contribution in [3.63, 3.8) is 0 Å². The van der Waals surface area contributed by atoms with Gasteiger partial charge in [-0.3, -0.25) is 0 Å². The minimum atomic E-state index is 0.616. The van der Waals surface area contributed by atoms with Crippen LogP contribution in [0.3, 0.4) is 0 Å². The van der Waals surface area contributed by atoms with Crippen molar-refractivity contribution in [2.45, 2.75) is 19.8 Å². The summed E-state index contributed by atoms with van der Waals surface area (Å²) in [6.07, 6.45) is 2.00. The van der Waals surface area contributed by atoms with Crippen LogP contribution in [0.5, 0.6) is 0 Å². The molecule has 4 heteroatoms. The smallest absolute Gasteiger partial charge is 0.133 e. The molecule has 0 aliphatic heterocycles. The summed E-state index contributed by atoms with van der Waals surface area (Å²) in [5.74, 6) is 0. The van der Waals surface area contributed by atoms with Gasteiger partial charge >= 0.3 is 0 Å². The van der Waals surface area contributed by atoms with E-state index in [0.29, 0.717) is 10.2 Å². The minimum absolute atomic E-state index is 0.616. The zero-order valence-corrected chi connectivity index (χ0v) is 10.5.